The van der Waals surface area contributed by atoms with Crippen molar-refractivity contribution in [1.29, 1.82) is 0 Å². The summed E-state index contributed by atoms with van der Waals surface area (Å²) in [4.78, 5) is 6.84. The fraction of sp³-hybridized carbons (Fsp3) is 0.667. The number of nitrogens with zero attached hydrogens (tertiary/aromatic N) is 2. The monoisotopic (exact) mass is 359 g/mol. The van der Waals surface area contributed by atoms with Crippen molar-refractivity contribution in [3.8, 4) is 0 Å². The van der Waals surface area contributed by atoms with E-state index in [0.29, 0.717) is 12.7 Å². The van der Waals surface area contributed by atoms with Gasteiger partial charge >= 0.3 is 0 Å². The first-order valence-electron chi connectivity index (χ1n) is 9.97. The normalized spacial score (nSPS) is 22.5. The van der Waals surface area contributed by atoms with Crippen molar-refractivity contribution >= 4 is 5.96 Å². The van der Waals surface area contributed by atoms with Gasteiger partial charge in [0.2, 0.25) is 0 Å². The molecule has 1 aromatic carbocycles. The summed E-state index contributed by atoms with van der Waals surface area (Å²) in [6.45, 7) is 7.67. The molecule has 0 aromatic heterocycles. The molecule has 26 heavy (non-hydrogen) atoms. The van der Waals surface area contributed by atoms with E-state index in [1.165, 1.54) is 24.0 Å². The summed E-state index contributed by atoms with van der Waals surface area (Å²) >= 11 is 0. The lowest BCUT2D eigenvalue weighted by Crippen LogP contribution is -2.45. The molecule has 0 bridgehead atoms. The molecule has 1 atom stereocenters. The van der Waals surface area contributed by atoms with Gasteiger partial charge in [-0.2, -0.15) is 0 Å². The zero-order chi connectivity index (χ0) is 18.2. The predicted molar refractivity (Wildman–Crippen MR) is 105 cm³/mol. The summed E-state index contributed by atoms with van der Waals surface area (Å²) in [5, 5.41) is 3.51. The van der Waals surface area contributed by atoms with Gasteiger partial charge in [-0.25, -0.2) is 0 Å². The van der Waals surface area contributed by atoms with Gasteiger partial charge in [0.1, 0.15) is 0 Å². The van der Waals surface area contributed by atoms with Gasteiger partial charge in [0.05, 0.1) is 12.7 Å². The van der Waals surface area contributed by atoms with E-state index < -0.39 is 0 Å². The van der Waals surface area contributed by atoms with Gasteiger partial charge in [0.15, 0.2) is 5.96 Å². The molecule has 0 amide bonds. The van der Waals surface area contributed by atoms with Gasteiger partial charge in [0, 0.05) is 39.9 Å². The highest BCUT2D eigenvalue weighted by Crippen LogP contribution is 2.16. The molecule has 1 N–H and O–H groups in total. The third kappa shape index (κ3) is 5.71. The molecule has 1 unspecified atom stereocenters. The van der Waals surface area contributed by atoms with Gasteiger partial charge in [0.25, 0.3) is 0 Å². The summed E-state index contributed by atoms with van der Waals surface area (Å²) in [6, 6.07) is 8.70. The van der Waals surface area contributed by atoms with Crippen LogP contribution in [-0.2, 0) is 22.6 Å². The number of piperidine rings is 1. The standard InChI is InChI=1S/C21H33N3O2/c1-17-4-3-11-24(15-17)21(22-2)23-14-18-5-7-19(8-6-18)16-26-20-9-12-25-13-10-20/h5-8,17,20H,3-4,9-16H2,1-2H3,(H,22,23). The predicted octanol–water partition coefficient (Wildman–Crippen LogP) is 3.19. The van der Waals surface area contributed by atoms with Crippen LogP contribution >= 0.6 is 0 Å². The first-order valence-corrected chi connectivity index (χ1v) is 9.97. The zero-order valence-electron chi connectivity index (χ0n) is 16.2. The summed E-state index contributed by atoms with van der Waals surface area (Å²) in [5.41, 5.74) is 2.50. The van der Waals surface area contributed by atoms with E-state index in [9.17, 15) is 0 Å². The van der Waals surface area contributed by atoms with Crippen LogP contribution in [-0.4, -0.2) is 50.3 Å². The molecule has 0 saturated carbocycles. The average Bonchev–Trinajstić information content (AvgIpc) is 2.69. The Morgan fingerprint density at radius 3 is 2.62 bits per heavy atom. The first-order chi connectivity index (χ1) is 12.7. The zero-order valence-corrected chi connectivity index (χ0v) is 16.2. The average molecular weight is 360 g/mol. The molecule has 3 rings (SSSR count). The molecule has 0 aliphatic carbocycles. The van der Waals surface area contributed by atoms with Crippen LogP contribution in [0.5, 0.6) is 0 Å². The van der Waals surface area contributed by atoms with Crippen molar-refractivity contribution in [3.63, 3.8) is 0 Å². The van der Waals surface area contributed by atoms with Gasteiger partial charge in [-0.15, -0.1) is 0 Å². The van der Waals surface area contributed by atoms with Crippen molar-refractivity contribution in [2.75, 3.05) is 33.4 Å². The van der Waals surface area contributed by atoms with Crippen LogP contribution in [0.15, 0.2) is 29.3 Å². The molecule has 2 heterocycles. The molecule has 2 fully saturated rings. The topological polar surface area (TPSA) is 46.1 Å². The van der Waals surface area contributed by atoms with Crippen molar-refractivity contribution in [2.45, 2.75) is 51.9 Å². The maximum Gasteiger partial charge on any atom is 0.193 e. The fourth-order valence-electron chi connectivity index (χ4n) is 3.71. The Kier molecular flexibility index (Phi) is 7.32. The molecule has 2 aliphatic heterocycles. The second kappa shape index (κ2) is 9.93. The minimum Gasteiger partial charge on any atom is -0.381 e. The lowest BCUT2D eigenvalue weighted by molar-refractivity contribution is -0.0390. The number of benzene rings is 1. The van der Waals surface area contributed by atoms with Gasteiger partial charge in [-0.1, -0.05) is 31.2 Å². The van der Waals surface area contributed by atoms with Gasteiger partial charge < -0.3 is 19.7 Å². The highest BCUT2D eigenvalue weighted by Gasteiger charge is 2.19. The third-order valence-electron chi connectivity index (χ3n) is 5.30. The number of aliphatic imine (C=N–C) groups is 1. The SMILES string of the molecule is CN=C(NCc1ccc(COC2CCOCC2)cc1)N1CCCC(C)C1. The number of likely N-dealkylation sites (tertiary alicyclic amines) is 1. The minimum atomic E-state index is 0.348. The molecule has 2 saturated heterocycles. The summed E-state index contributed by atoms with van der Waals surface area (Å²) in [6.07, 6.45) is 4.95. The van der Waals surface area contributed by atoms with E-state index in [-0.39, 0.29) is 0 Å². The van der Waals surface area contributed by atoms with Gasteiger partial charge in [-0.05, 0) is 42.7 Å². The Morgan fingerprint density at radius 1 is 1.19 bits per heavy atom. The van der Waals surface area contributed by atoms with Gasteiger partial charge in [-0.3, -0.25) is 4.99 Å². The van der Waals surface area contributed by atoms with E-state index in [0.717, 1.165) is 57.6 Å². The van der Waals surface area contributed by atoms with E-state index in [4.69, 9.17) is 9.47 Å². The van der Waals surface area contributed by atoms with E-state index >= 15 is 0 Å². The lowest BCUT2D eigenvalue weighted by atomic mass is 10.0. The van der Waals surface area contributed by atoms with Crippen molar-refractivity contribution in [2.24, 2.45) is 10.9 Å². The van der Waals surface area contributed by atoms with Crippen LogP contribution in [0, 0.1) is 5.92 Å². The molecule has 144 valence electrons. The third-order valence-corrected chi connectivity index (χ3v) is 5.30. The van der Waals surface area contributed by atoms with Crippen molar-refractivity contribution in [1.82, 2.24) is 10.2 Å². The Morgan fingerprint density at radius 2 is 1.92 bits per heavy atom. The second-order valence-electron chi connectivity index (χ2n) is 7.53. The van der Waals surface area contributed by atoms with Crippen LogP contribution in [0.4, 0.5) is 0 Å². The van der Waals surface area contributed by atoms with E-state index in [2.05, 4.69) is 46.4 Å². The number of rotatable bonds is 5. The summed E-state index contributed by atoms with van der Waals surface area (Å²) in [7, 11) is 1.87. The molecular weight excluding hydrogens is 326 g/mol. The summed E-state index contributed by atoms with van der Waals surface area (Å²) < 4.78 is 11.4. The number of nitrogens with one attached hydrogen (secondary N) is 1. The first kappa shape index (κ1) is 19.2. The quantitative estimate of drug-likeness (QED) is 0.648. The molecule has 5 heteroatoms. The molecule has 1 aromatic rings. The van der Waals surface area contributed by atoms with Crippen LogP contribution < -0.4 is 5.32 Å². The Bertz CT molecular complexity index is 567. The molecule has 2 aliphatic rings. The van der Waals surface area contributed by atoms with Crippen LogP contribution in [0.2, 0.25) is 0 Å². The fourth-order valence-corrected chi connectivity index (χ4v) is 3.71. The van der Waals surface area contributed by atoms with E-state index in [1.807, 2.05) is 7.05 Å². The van der Waals surface area contributed by atoms with Crippen LogP contribution in [0.3, 0.4) is 0 Å². The highest BCUT2D eigenvalue weighted by molar-refractivity contribution is 5.79. The molecule has 5 nitrogen and oxygen atoms in total. The largest absolute Gasteiger partial charge is 0.381 e. The van der Waals surface area contributed by atoms with Crippen molar-refractivity contribution in [3.05, 3.63) is 35.4 Å². The number of guanidine groups is 1. The molecule has 0 radical (unpaired) electrons. The summed E-state index contributed by atoms with van der Waals surface area (Å²) in [5.74, 6) is 1.76. The Labute approximate surface area is 157 Å². The smallest absolute Gasteiger partial charge is 0.193 e. The minimum absolute atomic E-state index is 0.348. The Balaban J connectivity index is 1.44. The number of hydrogen-bond donors (Lipinski definition) is 1. The maximum atomic E-state index is 5.99. The van der Waals surface area contributed by atoms with Crippen LogP contribution in [0.1, 0.15) is 43.7 Å². The van der Waals surface area contributed by atoms with Crippen LogP contribution in [0.25, 0.3) is 0 Å². The lowest BCUT2D eigenvalue weighted by Gasteiger charge is -2.33. The molecular formula is C21H33N3O2. The maximum absolute atomic E-state index is 5.99. The number of hydrogen-bond acceptors (Lipinski definition) is 3. The van der Waals surface area contributed by atoms with Crippen molar-refractivity contribution < 1.29 is 9.47 Å². The van der Waals surface area contributed by atoms with E-state index in [1.54, 1.807) is 0 Å². The second-order valence-corrected chi connectivity index (χ2v) is 7.53. The Hall–Kier alpha value is -1.59. The molecule has 0 spiro atoms. The number of ether oxygens (including phenoxy) is 2. The highest BCUT2D eigenvalue weighted by atomic mass is 16.5.